The van der Waals surface area contributed by atoms with Gasteiger partial charge in [-0.2, -0.15) is 0 Å². The predicted molar refractivity (Wildman–Crippen MR) is 87.1 cm³/mol. The molecule has 1 saturated heterocycles. The molecule has 0 radical (unpaired) electrons. The molecule has 14 heteroatoms. The molecule has 13 nitrogen and oxygen atoms in total. The number of esters is 3. The molecule has 1 amide bonds. The van der Waals surface area contributed by atoms with E-state index < -0.39 is 89.6 Å². The molecule has 1 fully saturated rings. The van der Waals surface area contributed by atoms with Crippen molar-refractivity contribution in [2.45, 2.75) is 58.3 Å². The minimum absolute atomic E-state index is 0.726. The van der Waals surface area contributed by atoms with Crippen molar-refractivity contribution in [1.82, 2.24) is 5.32 Å². The van der Waals surface area contributed by atoms with Crippen LogP contribution in [0.2, 0.25) is 0 Å². The van der Waals surface area contributed by atoms with Gasteiger partial charge in [-0.1, -0.05) is 0 Å². The molecule has 0 aromatic carbocycles. The van der Waals surface area contributed by atoms with Gasteiger partial charge in [-0.05, 0) is 0 Å². The summed E-state index contributed by atoms with van der Waals surface area (Å²) in [5.41, 5.74) is 0. The summed E-state index contributed by atoms with van der Waals surface area (Å²) in [5, 5.41) is 2.21. The van der Waals surface area contributed by atoms with E-state index in [1.807, 2.05) is 0 Å². The smallest absolute Gasteiger partial charge is 0.463 e. The van der Waals surface area contributed by atoms with Crippen molar-refractivity contribution in [1.29, 1.82) is 0 Å². The Morgan fingerprint density at radius 1 is 1.07 bits per heavy atom. The summed E-state index contributed by atoms with van der Waals surface area (Å²) in [7, 11) is -5.24. The quantitative estimate of drug-likeness (QED) is 0.248. The summed E-state index contributed by atoms with van der Waals surface area (Å²) in [4.78, 5) is 64.8. The van der Waals surface area contributed by atoms with Gasteiger partial charge in [0.05, 0.1) is 0 Å². The highest BCUT2D eigenvalue weighted by atomic mass is 31.2. The van der Waals surface area contributed by atoms with E-state index in [9.17, 15) is 23.7 Å². The second kappa shape index (κ2) is 9.94. The van der Waals surface area contributed by atoms with Crippen LogP contribution in [0.25, 0.3) is 0 Å². The molecule has 1 rings (SSSR count). The first-order valence-electron chi connectivity index (χ1n) is 9.62. The normalized spacial score (nSPS) is 28.8. The van der Waals surface area contributed by atoms with Gasteiger partial charge in [0.15, 0.2) is 18.5 Å². The summed E-state index contributed by atoms with van der Waals surface area (Å²) in [6.45, 7) is -2.26. The van der Waals surface area contributed by atoms with Gasteiger partial charge in [0.1, 0.15) is 18.8 Å². The fourth-order valence-corrected chi connectivity index (χ4v) is 2.86. The standard InChI is InChI=1S/C14H22NO12P/c1-6(16)15-11-13(25-9(4)19)12(24-8(3)18)10(5-23-7(2)17)26-14(11)27-28(20,21)22/h10-14H,5H2,1-4H3,(H,15,16)(H2,20,21,22)/t10-,11-,12-,13-,14?/m1/s1/i2D,3D,4D. The van der Waals surface area contributed by atoms with Gasteiger partial charge in [0.2, 0.25) is 5.91 Å². The molecule has 3 N–H and O–H groups in total. The lowest BCUT2D eigenvalue weighted by atomic mass is 9.96. The number of hydrogen-bond acceptors (Lipinski definition) is 10. The lowest BCUT2D eigenvalue weighted by molar-refractivity contribution is -0.259. The van der Waals surface area contributed by atoms with Gasteiger partial charge < -0.3 is 34.1 Å². The number of phosphoric acid groups is 1. The van der Waals surface area contributed by atoms with Crippen LogP contribution in [-0.4, -0.2) is 70.9 Å². The molecule has 0 aliphatic carbocycles. The second-order valence-corrected chi connectivity index (χ2v) is 6.65. The average Bonchev–Trinajstić information content (AvgIpc) is 2.68. The highest BCUT2D eigenvalue weighted by Crippen LogP contribution is 2.41. The Morgan fingerprint density at radius 3 is 2.14 bits per heavy atom. The molecule has 5 atom stereocenters. The van der Waals surface area contributed by atoms with Gasteiger partial charge in [0, 0.05) is 31.7 Å². The van der Waals surface area contributed by atoms with Gasteiger partial charge in [0.25, 0.3) is 0 Å². The van der Waals surface area contributed by atoms with Crippen molar-refractivity contribution in [3.05, 3.63) is 0 Å². The lowest BCUT2D eigenvalue weighted by Gasteiger charge is -2.44. The zero-order valence-corrected chi connectivity index (χ0v) is 15.5. The molecule has 0 saturated carbocycles. The molecule has 1 unspecified atom stereocenters. The molecule has 28 heavy (non-hydrogen) atoms. The highest BCUT2D eigenvalue weighted by molar-refractivity contribution is 7.46. The number of phosphoric ester groups is 1. The van der Waals surface area contributed by atoms with Crippen molar-refractivity contribution >= 4 is 31.6 Å². The fraction of sp³-hybridized carbons (Fsp3) is 0.714. The molecule has 0 bridgehead atoms. The first-order valence-corrected chi connectivity index (χ1v) is 9.03. The molecule has 0 spiro atoms. The third-order valence-corrected chi connectivity index (χ3v) is 3.68. The number of ether oxygens (including phenoxy) is 4. The van der Waals surface area contributed by atoms with E-state index in [1.54, 1.807) is 0 Å². The summed E-state index contributed by atoms with van der Waals surface area (Å²) in [5.74, 6) is -4.09. The fourth-order valence-electron chi connectivity index (χ4n) is 2.41. The van der Waals surface area contributed by atoms with Gasteiger partial charge >= 0.3 is 25.7 Å². The van der Waals surface area contributed by atoms with Crippen LogP contribution in [0.3, 0.4) is 0 Å². The number of carbonyl (C=O) groups is 4. The van der Waals surface area contributed by atoms with E-state index in [0.29, 0.717) is 0 Å². The topological polar surface area (TPSA) is 184 Å². The Labute approximate surface area is 164 Å². The zero-order chi connectivity index (χ0) is 23.8. The largest absolute Gasteiger partial charge is 0.472 e. The van der Waals surface area contributed by atoms with Gasteiger partial charge in [-0.15, -0.1) is 0 Å². The maximum Gasteiger partial charge on any atom is 0.472 e. The number of carbonyl (C=O) groups excluding carboxylic acids is 4. The number of hydrogen-bond donors (Lipinski definition) is 3. The van der Waals surface area contributed by atoms with Gasteiger partial charge in [-0.3, -0.25) is 23.7 Å². The average molecular weight is 430 g/mol. The van der Waals surface area contributed by atoms with E-state index in [2.05, 4.69) is 9.84 Å². The van der Waals surface area contributed by atoms with Crippen molar-refractivity contribution in [2.24, 2.45) is 0 Å². The van der Waals surface area contributed by atoms with E-state index >= 15 is 0 Å². The van der Waals surface area contributed by atoms with Crippen molar-refractivity contribution in [3.8, 4) is 0 Å². The SMILES string of the molecule is [2H]CC(=O)OC[C@H]1OC(OP(=O)(O)O)[C@H](NC(C)=O)[C@@H](OC(=O)C[2H])[C@@H]1OC(=O)C[2H]. The Kier molecular flexibility index (Phi) is 6.84. The van der Waals surface area contributed by atoms with Gasteiger partial charge in [-0.25, -0.2) is 4.57 Å². The summed E-state index contributed by atoms with van der Waals surface area (Å²) < 4.78 is 57.2. The Balaban J connectivity index is 3.40. The van der Waals surface area contributed by atoms with Crippen LogP contribution < -0.4 is 5.32 Å². The predicted octanol–water partition coefficient (Wildman–Crippen LogP) is -1.25. The highest BCUT2D eigenvalue weighted by Gasteiger charge is 2.52. The Bertz CT molecular complexity index is 719. The monoisotopic (exact) mass is 430 g/mol. The Morgan fingerprint density at radius 2 is 1.64 bits per heavy atom. The van der Waals surface area contributed by atoms with E-state index in [0.717, 1.165) is 6.92 Å². The first-order chi connectivity index (χ1) is 14.4. The summed E-state index contributed by atoms with van der Waals surface area (Å²) in [6, 6.07) is -1.63. The third-order valence-electron chi connectivity index (χ3n) is 3.20. The van der Waals surface area contributed by atoms with Crippen LogP contribution in [0.4, 0.5) is 0 Å². The van der Waals surface area contributed by atoms with Crippen LogP contribution >= 0.6 is 7.82 Å². The second-order valence-electron chi connectivity index (χ2n) is 5.46. The summed E-state index contributed by atoms with van der Waals surface area (Å²) >= 11 is 0. The van der Waals surface area contributed by atoms with E-state index in [1.165, 1.54) is 0 Å². The molecule has 1 aliphatic heterocycles. The summed E-state index contributed by atoms with van der Waals surface area (Å²) in [6.07, 6.45) is -6.86. The molecule has 1 aliphatic rings. The van der Waals surface area contributed by atoms with Crippen molar-refractivity contribution < 1.29 is 61.1 Å². The Hall–Kier alpha value is -2.05. The molecular weight excluding hydrogens is 405 g/mol. The van der Waals surface area contributed by atoms with Crippen LogP contribution in [0.15, 0.2) is 0 Å². The minimum atomic E-state index is -5.24. The van der Waals surface area contributed by atoms with E-state index in [-0.39, 0.29) is 0 Å². The third kappa shape index (κ3) is 7.90. The van der Waals surface area contributed by atoms with Crippen molar-refractivity contribution in [3.63, 3.8) is 0 Å². The maximum absolute atomic E-state index is 11.8. The number of nitrogens with one attached hydrogen (secondary N) is 1. The minimum Gasteiger partial charge on any atom is -0.463 e. The number of amides is 1. The first kappa shape index (κ1) is 19.3. The molecule has 1 heterocycles. The van der Waals surface area contributed by atoms with Crippen LogP contribution in [0.5, 0.6) is 0 Å². The maximum atomic E-state index is 11.8. The molecule has 160 valence electrons. The zero-order valence-electron chi connectivity index (χ0n) is 17.6. The van der Waals surface area contributed by atoms with Crippen molar-refractivity contribution in [2.75, 3.05) is 6.61 Å². The van der Waals surface area contributed by atoms with Crippen LogP contribution in [0, 0.1) is 0 Å². The molecule has 0 aromatic rings. The molecular formula is C14H22NO12P. The van der Waals surface area contributed by atoms with Crippen LogP contribution in [0.1, 0.15) is 31.7 Å². The number of rotatable bonds is 7. The molecule has 0 aromatic heterocycles. The van der Waals surface area contributed by atoms with E-state index in [4.69, 9.17) is 32.8 Å². The lowest BCUT2D eigenvalue weighted by Crippen LogP contribution is -2.66. The van der Waals surface area contributed by atoms with Crippen LogP contribution in [-0.2, 0) is 47.2 Å².